The van der Waals surface area contributed by atoms with E-state index >= 15 is 0 Å². The van der Waals surface area contributed by atoms with E-state index in [4.69, 9.17) is 21.1 Å². The van der Waals surface area contributed by atoms with Crippen LogP contribution in [-0.4, -0.2) is 31.7 Å². The lowest BCUT2D eigenvalue weighted by Crippen LogP contribution is -2.17. The number of hydrogen-bond donors (Lipinski definition) is 2. The van der Waals surface area contributed by atoms with E-state index in [-0.39, 0.29) is 28.2 Å². The second-order valence-electron chi connectivity index (χ2n) is 5.97. The second-order valence-corrected chi connectivity index (χ2v) is 9.24. The van der Waals surface area contributed by atoms with Gasteiger partial charge in [0.1, 0.15) is 9.22 Å². The van der Waals surface area contributed by atoms with Gasteiger partial charge in [-0.25, -0.2) is 0 Å². The lowest BCUT2D eigenvalue weighted by atomic mass is 10.1. The fourth-order valence-corrected chi connectivity index (χ4v) is 4.52. The summed E-state index contributed by atoms with van der Waals surface area (Å²) in [5.41, 5.74) is 0.777. The Morgan fingerprint density at radius 3 is 2.47 bits per heavy atom. The molecular formula is C19H16N2O6S3. The predicted molar refractivity (Wildman–Crippen MR) is 118 cm³/mol. The van der Waals surface area contributed by atoms with Crippen LogP contribution in [0.5, 0.6) is 11.5 Å². The minimum absolute atomic E-state index is 0.0651. The lowest BCUT2D eigenvalue weighted by molar-refractivity contribution is -0.115. The van der Waals surface area contributed by atoms with Gasteiger partial charge < -0.3 is 19.6 Å². The monoisotopic (exact) mass is 464 g/mol. The molecule has 1 aliphatic heterocycles. The van der Waals surface area contributed by atoms with Crippen molar-refractivity contribution in [3.63, 3.8) is 0 Å². The van der Waals surface area contributed by atoms with Crippen molar-refractivity contribution in [2.75, 3.05) is 12.4 Å². The molecule has 0 radical (unpaired) electrons. The van der Waals surface area contributed by atoms with Crippen LogP contribution in [0.15, 0.2) is 52.3 Å². The number of amides is 2. The highest BCUT2D eigenvalue weighted by atomic mass is 32.2. The number of thiocarbonyl (C=S) groups is 1. The van der Waals surface area contributed by atoms with Crippen LogP contribution in [0.3, 0.4) is 0 Å². The summed E-state index contributed by atoms with van der Waals surface area (Å²) in [4.78, 5) is 23.3. The number of anilines is 1. The first-order valence-corrected chi connectivity index (χ1v) is 11.1. The summed E-state index contributed by atoms with van der Waals surface area (Å²) < 4.78 is 36.6. The van der Waals surface area contributed by atoms with Crippen molar-refractivity contribution in [3.8, 4) is 11.5 Å². The molecule has 0 aliphatic carbocycles. The van der Waals surface area contributed by atoms with Crippen LogP contribution in [0.2, 0.25) is 0 Å². The third-order valence-corrected chi connectivity index (χ3v) is 6.21. The molecule has 1 fully saturated rings. The van der Waals surface area contributed by atoms with E-state index in [1.54, 1.807) is 18.2 Å². The Bertz CT molecular complexity index is 1160. The number of hydrogen-bond acceptors (Lipinski definition) is 8. The van der Waals surface area contributed by atoms with Crippen LogP contribution >= 0.6 is 24.0 Å². The molecule has 2 amide bonds. The molecule has 2 aromatic rings. The SMILES string of the molecule is COc1cccc(/C=C2\SC(=S)NC2=O)c1OS(=O)(=O)c1ccc(NC(C)=O)cc1. The summed E-state index contributed by atoms with van der Waals surface area (Å²) in [6.07, 6.45) is 1.48. The maximum atomic E-state index is 12.8. The molecule has 3 rings (SSSR count). The third-order valence-electron chi connectivity index (χ3n) is 3.81. The Morgan fingerprint density at radius 2 is 1.90 bits per heavy atom. The zero-order valence-corrected chi connectivity index (χ0v) is 18.2. The molecule has 2 aromatic carbocycles. The van der Waals surface area contributed by atoms with E-state index in [2.05, 4.69) is 10.6 Å². The molecule has 8 nitrogen and oxygen atoms in total. The zero-order valence-electron chi connectivity index (χ0n) is 15.8. The van der Waals surface area contributed by atoms with Gasteiger partial charge in [0.2, 0.25) is 5.91 Å². The highest BCUT2D eigenvalue weighted by molar-refractivity contribution is 8.26. The molecule has 156 valence electrons. The van der Waals surface area contributed by atoms with Crippen molar-refractivity contribution in [3.05, 3.63) is 52.9 Å². The van der Waals surface area contributed by atoms with Crippen molar-refractivity contribution in [1.82, 2.24) is 5.32 Å². The first kappa shape index (κ1) is 21.8. The van der Waals surface area contributed by atoms with Gasteiger partial charge in [0, 0.05) is 18.2 Å². The number of carbonyl (C=O) groups is 2. The number of ether oxygens (including phenoxy) is 1. The van der Waals surface area contributed by atoms with Gasteiger partial charge in [0.25, 0.3) is 5.91 Å². The minimum atomic E-state index is -4.23. The Balaban J connectivity index is 1.97. The van der Waals surface area contributed by atoms with Crippen LogP contribution in [0, 0.1) is 0 Å². The maximum absolute atomic E-state index is 12.8. The molecule has 11 heteroatoms. The Kier molecular flexibility index (Phi) is 6.44. The van der Waals surface area contributed by atoms with Gasteiger partial charge >= 0.3 is 10.1 Å². The predicted octanol–water partition coefficient (Wildman–Crippen LogP) is 2.91. The average molecular weight is 465 g/mol. The Morgan fingerprint density at radius 1 is 1.20 bits per heavy atom. The summed E-state index contributed by atoms with van der Waals surface area (Å²) in [7, 11) is -2.85. The molecule has 1 aliphatic rings. The van der Waals surface area contributed by atoms with Crippen LogP contribution in [-0.2, 0) is 19.7 Å². The quantitative estimate of drug-likeness (QED) is 0.381. The topological polar surface area (TPSA) is 111 Å². The summed E-state index contributed by atoms with van der Waals surface area (Å²) in [6.45, 7) is 1.35. The molecule has 2 N–H and O–H groups in total. The van der Waals surface area contributed by atoms with Crippen LogP contribution in [0.4, 0.5) is 5.69 Å². The summed E-state index contributed by atoms with van der Waals surface area (Å²) in [5.74, 6) is -0.546. The summed E-state index contributed by atoms with van der Waals surface area (Å²) >= 11 is 6.03. The van der Waals surface area contributed by atoms with Crippen molar-refractivity contribution in [2.24, 2.45) is 0 Å². The molecule has 0 atom stereocenters. The number of para-hydroxylation sites is 1. The van der Waals surface area contributed by atoms with Gasteiger partial charge in [-0.05, 0) is 36.4 Å². The number of nitrogens with one attached hydrogen (secondary N) is 2. The van der Waals surface area contributed by atoms with Gasteiger partial charge in [0.05, 0.1) is 12.0 Å². The van der Waals surface area contributed by atoms with Gasteiger partial charge in [0.15, 0.2) is 11.5 Å². The molecule has 0 unspecified atom stereocenters. The Hall–Kier alpha value is -2.89. The lowest BCUT2D eigenvalue weighted by Gasteiger charge is -2.14. The number of carbonyl (C=O) groups excluding carboxylic acids is 2. The first-order valence-electron chi connectivity index (χ1n) is 8.43. The van der Waals surface area contributed by atoms with Crippen molar-refractivity contribution < 1.29 is 26.9 Å². The van der Waals surface area contributed by atoms with Crippen LogP contribution in [0.25, 0.3) is 6.08 Å². The van der Waals surface area contributed by atoms with E-state index < -0.39 is 10.1 Å². The summed E-state index contributed by atoms with van der Waals surface area (Å²) in [6, 6.07) is 10.3. The normalized spacial score (nSPS) is 15.1. The highest BCUT2D eigenvalue weighted by Crippen LogP contribution is 2.37. The minimum Gasteiger partial charge on any atom is -0.493 e. The van der Waals surface area contributed by atoms with Crippen molar-refractivity contribution in [2.45, 2.75) is 11.8 Å². The maximum Gasteiger partial charge on any atom is 0.339 e. The van der Waals surface area contributed by atoms with Gasteiger partial charge in [-0.1, -0.05) is 36.1 Å². The fourth-order valence-electron chi connectivity index (χ4n) is 2.52. The number of benzene rings is 2. The third kappa shape index (κ3) is 4.99. The first-order chi connectivity index (χ1) is 14.2. The zero-order chi connectivity index (χ0) is 21.9. The van der Waals surface area contributed by atoms with Gasteiger partial charge in [-0.2, -0.15) is 8.42 Å². The molecule has 1 saturated heterocycles. The molecular weight excluding hydrogens is 448 g/mol. The van der Waals surface area contributed by atoms with Crippen molar-refractivity contribution in [1.29, 1.82) is 0 Å². The number of methoxy groups -OCH3 is 1. The van der Waals surface area contributed by atoms with Crippen molar-refractivity contribution >= 4 is 62.0 Å². The number of rotatable bonds is 6. The highest BCUT2D eigenvalue weighted by Gasteiger charge is 2.25. The largest absolute Gasteiger partial charge is 0.493 e. The molecule has 1 heterocycles. The molecule has 0 bridgehead atoms. The van der Waals surface area contributed by atoms with E-state index in [0.717, 1.165) is 11.8 Å². The summed E-state index contributed by atoms with van der Waals surface area (Å²) in [5, 5.41) is 5.05. The van der Waals surface area contributed by atoms with Gasteiger partial charge in [-0.15, -0.1) is 0 Å². The van der Waals surface area contributed by atoms with E-state index in [1.165, 1.54) is 44.4 Å². The van der Waals surface area contributed by atoms with Gasteiger partial charge in [-0.3, -0.25) is 9.59 Å². The molecule has 0 aromatic heterocycles. The molecule has 30 heavy (non-hydrogen) atoms. The number of thioether (sulfide) groups is 1. The van der Waals surface area contributed by atoms with Crippen LogP contribution < -0.4 is 19.6 Å². The van der Waals surface area contributed by atoms with Crippen LogP contribution in [0.1, 0.15) is 12.5 Å². The Labute approximate surface area is 182 Å². The van der Waals surface area contributed by atoms with E-state index in [0.29, 0.717) is 20.5 Å². The molecule has 0 saturated carbocycles. The smallest absolute Gasteiger partial charge is 0.339 e. The second kappa shape index (κ2) is 8.86. The average Bonchev–Trinajstić information content (AvgIpc) is 2.99. The fraction of sp³-hybridized carbons (Fsp3) is 0.105. The standard InChI is InChI=1S/C19H16N2O6S3/c1-11(22)20-13-6-8-14(9-7-13)30(24,25)27-17-12(4-3-5-15(17)26-2)10-16-18(23)21-19(28)29-16/h3-10H,1-2H3,(H,20,22)(H,21,23,28)/b16-10-. The van der Waals surface area contributed by atoms with E-state index in [1.807, 2.05) is 0 Å². The molecule has 0 spiro atoms. The van der Waals surface area contributed by atoms with E-state index in [9.17, 15) is 18.0 Å².